The van der Waals surface area contributed by atoms with E-state index in [0.717, 1.165) is 45.9 Å². The molecular formula is C23H18N4O. The van der Waals surface area contributed by atoms with Crippen LogP contribution in [0, 0.1) is 0 Å². The standard InChI is InChI=1S/C23H18N4O/c1-15-11-21-24-13-19-12-20(17-5-3-2-4-6-17)22(25-23(19)27(21)26-15)18-9-7-16(14-28)8-10-18/h2-15,26H,1H3. The third-order valence-electron chi connectivity index (χ3n) is 4.94. The lowest BCUT2D eigenvalue weighted by atomic mass is 9.97. The average molecular weight is 366 g/mol. The number of hydrogen-bond acceptors (Lipinski definition) is 5. The van der Waals surface area contributed by atoms with Gasteiger partial charge in [0.25, 0.3) is 0 Å². The highest BCUT2D eigenvalue weighted by atomic mass is 16.1. The molecule has 28 heavy (non-hydrogen) atoms. The molecule has 1 atom stereocenters. The lowest BCUT2D eigenvalue weighted by Gasteiger charge is -2.26. The summed E-state index contributed by atoms with van der Waals surface area (Å²) in [4.78, 5) is 20.6. The molecule has 0 spiro atoms. The van der Waals surface area contributed by atoms with Crippen molar-refractivity contribution in [2.24, 2.45) is 4.99 Å². The molecule has 0 bridgehead atoms. The molecule has 3 aromatic rings. The molecule has 2 aliphatic rings. The number of aliphatic imine (C=N–C) groups is 1. The maximum Gasteiger partial charge on any atom is 0.158 e. The van der Waals surface area contributed by atoms with Gasteiger partial charge in [0, 0.05) is 34.5 Å². The van der Waals surface area contributed by atoms with Gasteiger partial charge in [-0.3, -0.25) is 4.79 Å². The van der Waals surface area contributed by atoms with Gasteiger partial charge in [-0.25, -0.2) is 20.4 Å². The first kappa shape index (κ1) is 16.6. The number of carbonyl (C=O) groups excluding carboxylic acids is 1. The predicted octanol–water partition coefficient (Wildman–Crippen LogP) is 4.22. The first-order valence-electron chi connectivity index (χ1n) is 9.21. The van der Waals surface area contributed by atoms with Crippen LogP contribution in [-0.4, -0.2) is 23.5 Å². The topological polar surface area (TPSA) is 57.6 Å². The highest BCUT2D eigenvalue weighted by molar-refractivity contribution is 5.95. The van der Waals surface area contributed by atoms with E-state index >= 15 is 0 Å². The van der Waals surface area contributed by atoms with E-state index in [1.54, 1.807) is 0 Å². The molecule has 0 saturated carbocycles. The number of anilines is 1. The largest absolute Gasteiger partial charge is 0.298 e. The van der Waals surface area contributed by atoms with Gasteiger partial charge in [0.1, 0.15) is 12.1 Å². The Morgan fingerprint density at radius 3 is 2.57 bits per heavy atom. The second-order valence-corrected chi connectivity index (χ2v) is 6.94. The molecule has 1 aromatic heterocycles. The molecule has 0 fully saturated rings. The molecular weight excluding hydrogens is 348 g/mol. The minimum atomic E-state index is 0.198. The first-order chi connectivity index (χ1) is 13.7. The first-order valence-corrected chi connectivity index (χ1v) is 9.21. The fourth-order valence-electron chi connectivity index (χ4n) is 3.58. The Kier molecular flexibility index (Phi) is 3.88. The minimum Gasteiger partial charge on any atom is -0.298 e. The van der Waals surface area contributed by atoms with Crippen molar-refractivity contribution in [3.63, 3.8) is 0 Å². The SMILES string of the molecule is CC1C=C2N=Cc3cc(-c4ccccc4)c(-c4ccc(C=O)cc4)nc3N2N1. The average Bonchev–Trinajstić information content (AvgIpc) is 3.14. The minimum absolute atomic E-state index is 0.198. The normalized spacial score (nSPS) is 17.1. The van der Waals surface area contributed by atoms with E-state index in [1.807, 2.05) is 53.7 Å². The summed E-state index contributed by atoms with van der Waals surface area (Å²) in [5, 5.41) is 1.94. The zero-order chi connectivity index (χ0) is 19.1. The maximum absolute atomic E-state index is 11.0. The zero-order valence-corrected chi connectivity index (χ0v) is 15.3. The van der Waals surface area contributed by atoms with Gasteiger partial charge in [0.15, 0.2) is 5.82 Å². The van der Waals surface area contributed by atoms with Crippen molar-refractivity contribution in [1.29, 1.82) is 0 Å². The summed E-state index contributed by atoms with van der Waals surface area (Å²) in [6.07, 6.45) is 4.80. The smallest absolute Gasteiger partial charge is 0.158 e. The van der Waals surface area contributed by atoms with E-state index in [0.29, 0.717) is 5.56 Å². The molecule has 0 amide bonds. The molecule has 1 unspecified atom stereocenters. The maximum atomic E-state index is 11.0. The predicted molar refractivity (Wildman–Crippen MR) is 111 cm³/mol. The van der Waals surface area contributed by atoms with Crippen LogP contribution in [0.1, 0.15) is 22.8 Å². The number of aldehydes is 1. The number of aromatic nitrogens is 1. The number of benzene rings is 2. The number of pyridine rings is 1. The van der Waals surface area contributed by atoms with E-state index < -0.39 is 0 Å². The Labute approximate surface area is 163 Å². The molecule has 0 saturated heterocycles. The van der Waals surface area contributed by atoms with Crippen molar-refractivity contribution in [2.75, 3.05) is 5.01 Å². The highest BCUT2D eigenvalue weighted by Crippen LogP contribution is 2.37. The fourth-order valence-corrected chi connectivity index (χ4v) is 3.58. The van der Waals surface area contributed by atoms with Crippen LogP contribution < -0.4 is 10.4 Å². The molecule has 2 aromatic carbocycles. The number of carbonyl (C=O) groups is 1. The monoisotopic (exact) mass is 366 g/mol. The van der Waals surface area contributed by atoms with Crippen LogP contribution in [0.25, 0.3) is 22.4 Å². The molecule has 5 rings (SSSR count). The third kappa shape index (κ3) is 2.73. The van der Waals surface area contributed by atoms with E-state index in [2.05, 4.69) is 41.6 Å². The quantitative estimate of drug-likeness (QED) is 0.706. The van der Waals surface area contributed by atoms with Gasteiger partial charge in [-0.15, -0.1) is 0 Å². The van der Waals surface area contributed by atoms with Crippen molar-refractivity contribution >= 4 is 18.3 Å². The van der Waals surface area contributed by atoms with Crippen LogP contribution in [-0.2, 0) is 0 Å². The number of hydrazine groups is 1. The molecule has 0 aliphatic carbocycles. The third-order valence-corrected chi connectivity index (χ3v) is 4.94. The van der Waals surface area contributed by atoms with Gasteiger partial charge in [-0.1, -0.05) is 54.6 Å². The summed E-state index contributed by atoms with van der Waals surface area (Å²) in [6, 6.07) is 20.1. The Balaban J connectivity index is 1.72. The lowest BCUT2D eigenvalue weighted by molar-refractivity contribution is 0.112. The van der Waals surface area contributed by atoms with E-state index in [1.165, 1.54) is 0 Å². The number of nitrogens with zero attached hydrogens (tertiary/aromatic N) is 3. The van der Waals surface area contributed by atoms with E-state index in [-0.39, 0.29) is 6.04 Å². The van der Waals surface area contributed by atoms with Crippen LogP contribution in [0.15, 0.2) is 77.6 Å². The van der Waals surface area contributed by atoms with Crippen LogP contribution in [0.2, 0.25) is 0 Å². The fraction of sp³-hybridized carbons (Fsp3) is 0.0870. The highest BCUT2D eigenvalue weighted by Gasteiger charge is 2.28. The number of hydrogen-bond donors (Lipinski definition) is 1. The molecule has 5 nitrogen and oxygen atoms in total. The van der Waals surface area contributed by atoms with E-state index in [4.69, 9.17) is 4.98 Å². The molecule has 5 heteroatoms. The zero-order valence-electron chi connectivity index (χ0n) is 15.3. The molecule has 0 radical (unpaired) electrons. The summed E-state index contributed by atoms with van der Waals surface area (Å²) >= 11 is 0. The van der Waals surface area contributed by atoms with Crippen molar-refractivity contribution in [3.05, 3.63) is 83.7 Å². The van der Waals surface area contributed by atoms with Crippen LogP contribution in [0.5, 0.6) is 0 Å². The summed E-state index contributed by atoms with van der Waals surface area (Å²) in [5.74, 6) is 1.70. The molecule has 2 aliphatic heterocycles. The van der Waals surface area contributed by atoms with Gasteiger partial charge in [0.05, 0.1) is 5.69 Å². The van der Waals surface area contributed by atoms with Crippen LogP contribution in [0.3, 0.4) is 0 Å². The Morgan fingerprint density at radius 2 is 1.82 bits per heavy atom. The van der Waals surface area contributed by atoms with Gasteiger partial charge in [-0.2, -0.15) is 0 Å². The van der Waals surface area contributed by atoms with Crippen molar-refractivity contribution in [3.8, 4) is 22.4 Å². The van der Waals surface area contributed by atoms with Gasteiger partial charge in [-0.05, 0) is 24.6 Å². The summed E-state index contributed by atoms with van der Waals surface area (Å²) in [7, 11) is 0. The lowest BCUT2D eigenvalue weighted by Crippen LogP contribution is -2.38. The Morgan fingerprint density at radius 1 is 1.04 bits per heavy atom. The van der Waals surface area contributed by atoms with Gasteiger partial charge >= 0.3 is 0 Å². The second kappa shape index (κ2) is 6.55. The van der Waals surface area contributed by atoms with Crippen LogP contribution >= 0.6 is 0 Å². The molecule has 1 N–H and O–H groups in total. The summed E-state index contributed by atoms with van der Waals surface area (Å²) in [5.41, 5.74) is 8.96. The summed E-state index contributed by atoms with van der Waals surface area (Å²) in [6.45, 7) is 2.08. The molecule has 3 heterocycles. The van der Waals surface area contributed by atoms with Gasteiger partial charge in [0.2, 0.25) is 0 Å². The van der Waals surface area contributed by atoms with Crippen molar-refractivity contribution in [2.45, 2.75) is 13.0 Å². The van der Waals surface area contributed by atoms with Crippen molar-refractivity contribution in [1.82, 2.24) is 10.4 Å². The molecule has 136 valence electrons. The second-order valence-electron chi connectivity index (χ2n) is 6.94. The van der Waals surface area contributed by atoms with Gasteiger partial charge < -0.3 is 0 Å². The van der Waals surface area contributed by atoms with Crippen molar-refractivity contribution < 1.29 is 4.79 Å². The summed E-state index contributed by atoms with van der Waals surface area (Å²) < 4.78 is 0. The Bertz CT molecular complexity index is 1120. The van der Waals surface area contributed by atoms with E-state index in [9.17, 15) is 4.79 Å². The number of nitrogens with one attached hydrogen (secondary N) is 1. The Hall–Kier alpha value is -3.57. The number of fused-ring (bicyclic) bond motifs is 3. The van der Waals surface area contributed by atoms with Crippen LogP contribution in [0.4, 0.5) is 5.82 Å². The number of rotatable bonds is 3.